The summed E-state index contributed by atoms with van der Waals surface area (Å²) in [4.78, 5) is 0. The number of fused-ring (bicyclic) bond motifs is 9. The average molecular weight is 750 g/mol. The lowest BCUT2D eigenvalue weighted by molar-refractivity contribution is 1.15. The quantitative estimate of drug-likeness (QED) is 0.178. The Balaban J connectivity index is 1.14. The lowest BCUT2D eigenvalue weighted by Crippen LogP contribution is -2.01. The maximum absolute atomic E-state index is 10.8. The van der Waals surface area contributed by atoms with Crippen LogP contribution in [-0.4, -0.2) is 13.7 Å². The van der Waals surface area contributed by atoms with E-state index in [4.69, 9.17) is 0 Å². The molecular formula is C52H27N7. The molecule has 0 radical (unpaired) electrons. The summed E-state index contributed by atoms with van der Waals surface area (Å²) in [5, 5.41) is 46.5. The largest absolute Gasteiger partial charge is 0.309 e. The highest BCUT2D eigenvalue weighted by atomic mass is 15.0. The van der Waals surface area contributed by atoms with E-state index >= 15 is 0 Å². The van der Waals surface area contributed by atoms with Crippen LogP contribution in [0, 0.1) is 45.3 Å². The van der Waals surface area contributed by atoms with Gasteiger partial charge in [0, 0.05) is 54.8 Å². The molecule has 0 aliphatic heterocycles. The fourth-order valence-electron chi connectivity index (χ4n) is 9.07. The van der Waals surface area contributed by atoms with E-state index in [0.29, 0.717) is 22.3 Å². The van der Waals surface area contributed by atoms with Gasteiger partial charge < -0.3 is 13.7 Å². The lowest BCUT2D eigenvalue weighted by Gasteiger charge is -2.17. The van der Waals surface area contributed by atoms with Crippen LogP contribution in [0.5, 0.6) is 0 Å². The van der Waals surface area contributed by atoms with Crippen molar-refractivity contribution in [1.29, 1.82) is 21.0 Å². The van der Waals surface area contributed by atoms with Gasteiger partial charge in [-0.05, 0) is 84.9 Å². The molecule has 0 atom stereocenters. The summed E-state index contributed by atoms with van der Waals surface area (Å²) < 4.78 is 6.57. The summed E-state index contributed by atoms with van der Waals surface area (Å²) in [6.07, 6.45) is 0. The molecule has 0 spiro atoms. The lowest BCUT2D eigenvalue weighted by atomic mass is 9.97. The van der Waals surface area contributed by atoms with Crippen LogP contribution >= 0.6 is 0 Å². The minimum atomic E-state index is 0.483. The van der Waals surface area contributed by atoms with Crippen molar-refractivity contribution in [2.24, 2.45) is 0 Å². The molecule has 3 heterocycles. The van der Waals surface area contributed by atoms with Crippen molar-refractivity contribution in [3.05, 3.63) is 186 Å². The Kier molecular flexibility index (Phi) is 7.28. The molecule has 0 N–H and O–H groups in total. The SMILES string of the molecule is N#Cc1ccc2c(c1)c1ccccc1n2-c1ccc2c3ccccc3n(-c3ccccc3-c3ccc(-n4c5ccc(C#N)cc5c5cccc(C#N)c54)cc3C#N)c2c1. The average Bonchev–Trinajstić information content (AvgIpc) is 3.93. The Morgan fingerprint density at radius 3 is 1.61 bits per heavy atom. The maximum atomic E-state index is 10.8. The van der Waals surface area contributed by atoms with Crippen LogP contribution in [0.25, 0.3) is 93.6 Å². The summed E-state index contributed by atoms with van der Waals surface area (Å²) in [6, 6.07) is 63.8. The second kappa shape index (κ2) is 12.8. The van der Waals surface area contributed by atoms with Crippen molar-refractivity contribution in [3.63, 3.8) is 0 Å². The molecule has 0 fully saturated rings. The van der Waals surface area contributed by atoms with Gasteiger partial charge in [-0.15, -0.1) is 0 Å². The second-order valence-electron chi connectivity index (χ2n) is 14.6. The summed E-state index contributed by atoms with van der Waals surface area (Å²) in [6.45, 7) is 0. The van der Waals surface area contributed by atoms with Gasteiger partial charge in [-0.3, -0.25) is 0 Å². The van der Waals surface area contributed by atoms with E-state index in [1.54, 1.807) is 12.1 Å². The van der Waals surface area contributed by atoms with Crippen LogP contribution in [0.1, 0.15) is 22.3 Å². The molecule has 7 nitrogen and oxygen atoms in total. The van der Waals surface area contributed by atoms with Crippen LogP contribution in [0.3, 0.4) is 0 Å². The molecule has 3 aromatic heterocycles. The van der Waals surface area contributed by atoms with E-state index < -0.39 is 0 Å². The van der Waals surface area contributed by atoms with Crippen molar-refractivity contribution in [2.75, 3.05) is 0 Å². The molecular weight excluding hydrogens is 723 g/mol. The van der Waals surface area contributed by atoms with E-state index in [1.807, 2.05) is 89.5 Å². The van der Waals surface area contributed by atoms with Gasteiger partial charge in [-0.25, -0.2) is 0 Å². The first-order valence-corrected chi connectivity index (χ1v) is 19.1. The Bertz CT molecular complexity index is 3790. The number of hydrogen-bond acceptors (Lipinski definition) is 4. The minimum absolute atomic E-state index is 0.483. The van der Waals surface area contributed by atoms with Gasteiger partial charge in [0.1, 0.15) is 6.07 Å². The van der Waals surface area contributed by atoms with E-state index in [-0.39, 0.29) is 0 Å². The van der Waals surface area contributed by atoms with Gasteiger partial charge in [0.15, 0.2) is 0 Å². The zero-order chi connectivity index (χ0) is 39.8. The van der Waals surface area contributed by atoms with Crippen molar-refractivity contribution >= 4 is 65.4 Å². The molecule has 0 aliphatic carbocycles. The number of para-hydroxylation sites is 4. The molecule has 11 aromatic rings. The summed E-state index contributed by atoms with van der Waals surface area (Å²) in [5.41, 5.74) is 12.1. The van der Waals surface area contributed by atoms with Crippen molar-refractivity contribution in [2.45, 2.75) is 0 Å². The standard InChI is InChI=1S/C52H27N7/c53-28-32-16-22-49-44(24-32)41-11-3-4-13-46(41)57(49)37-19-21-42-40-10-2-6-15-48(40)59(51(42)27-37)47-14-5-1-9-39(47)38-20-18-36(26-35(38)31-56)58-50-23-17-33(29-54)25-45(50)43-12-7-8-34(30-55)52(43)58/h1-27H. The number of nitriles is 4. The molecule has 7 heteroatoms. The molecule has 0 aliphatic rings. The zero-order valence-corrected chi connectivity index (χ0v) is 31.2. The molecule has 11 rings (SSSR count). The Morgan fingerprint density at radius 2 is 0.881 bits per heavy atom. The monoisotopic (exact) mass is 749 g/mol. The molecule has 270 valence electrons. The van der Waals surface area contributed by atoms with Gasteiger partial charge in [0.05, 0.1) is 79.2 Å². The highest BCUT2D eigenvalue weighted by molar-refractivity contribution is 6.13. The number of nitrogens with zero attached hydrogens (tertiary/aromatic N) is 7. The second-order valence-corrected chi connectivity index (χ2v) is 14.6. The fourth-order valence-corrected chi connectivity index (χ4v) is 9.07. The van der Waals surface area contributed by atoms with Gasteiger partial charge in [0.2, 0.25) is 0 Å². The molecule has 0 saturated heterocycles. The van der Waals surface area contributed by atoms with E-state index in [2.05, 4.69) is 100 Å². The minimum Gasteiger partial charge on any atom is -0.309 e. The molecule has 8 aromatic carbocycles. The maximum Gasteiger partial charge on any atom is 0.101 e. The molecule has 0 amide bonds. The molecule has 0 saturated carbocycles. The van der Waals surface area contributed by atoms with Crippen LogP contribution in [0.15, 0.2) is 164 Å². The summed E-state index contributed by atoms with van der Waals surface area (Å²) in [5.74, 6) is 0. The summed E-state index contributed by atoms with van der Waals surface area (Å²) >= 11 is 0. The first-order chi connectivity index (χ1) is 29.1. The van der Waals surface area contributed by atoms with Gasteiger partial charge in [-0.1, -0.05) is 78.9 Å². The highest BCUT2D eigenvalue weighted by Crippen LogP contribution is 2.41. The number of hydrogen-bond donors (Lipinski definition) is 0. The van der Waals surface area contributed by atoms with Crippen molar-refractivity contribution in [1.82, 2.24) is 13.7 Å². The van der Waals surface area contributed by atoms with E-state index in [9.17, 15) is 21.0 Å². The smallest absolute Gasteiger partial charge is 0.101 e. The Hall–Kier alpha value is -8.88. The number of benzene rings is 8. The van der Waals surface area contributed by atoms with Crippen LogP contribution in [0.4, 0.5) is 0 Å². The first kappa shape index (κ1) is 33.5. The predicted octanol–water partition coefficient (Wildman–Crippen LogP) is 12.1. The number of rotatable bonds is 4. The molecule has 0 unspecified atom stereocenters. The van der Waals surface area contributed by atoms with Crippen molar-refractivity contribution in [3.8, 4) is 52.5 Å². The predicted molar refractivity (Wildman–Crippen MR) is 234 cm³/mol. The van der Waals surface area contributed by atoms with E-state index in [0.717, 1.165) is 93.6 Å². The molecule has 0 bridgehead atoms. The van der Waals surface area contributed by atoms with Crippen LogP contribution in [0.2, 0.25) is 0 Å². The van der Waals surface area contributed by atoms with Crippen molar-refractivity contribution < 1.29 is 0 Å². The fraction of sp³-hybridized carbons (Fsp3) is 0. The first-order valence-electron chi connectivity index (χ1n) is 19.1. The third kappa shape index (κ3) is 4.84. The number of aromatic nitrogens is 3. The Morgan fingerprint density at radius 1 is 0.322 bits per heavy atom. The zero-order valence-electron chi connectivity index (χ0n) is 31.2. The molecule has 59 heavy (non-hydrogen) atoms. The van der Waals surface area contributed by atoms with Crippen LogP contribution < -0.4 is 0 Å². The van der Waals surface area contributed by atoms with Crippen LogP contribution in [-0.2, 0) is 0 Å². The Labute approximate surface area is 337 Å². The van der Waals surface area contributed by atoms with Gasteiger partial charge >= 0.3 is 0 Å². The van der Waals surface area contributed by atoms with Gasteiger partial charge in [0.25, 0.3) is 0 Å². The third-order valence-electron chi connectivity index (χ3n) is 11.6. The summed E-state index contributed by atoms with van der Waals surface area (Å²) in [7, 11) is 0. The normalized spacial score (nSPS) is 11.3. The highest BCUT2D eigenvalue weighted by Gasteiger charge is 2.21. The third-order valence-corrected chi connectivity index (χ3v) is 11.6. The van der Waals surface area contributed by atoms with E-state index in [1.165, 1.54) is 0 Å². The van der Waals surface area contributed by atoms with Gasteiger partial charge in [-0.2, -0.15) is 21.0 Å². The topological polar surface area (TPSA) is 110 Å².